The minimum Gasteiger partial charge on any atom is -0.491 e. The molecule has 1 heterocycles. The second-order valence-corrected chi connectivity index (χ2v) is 5.33. The smallest absolute Gasteiger partial charge is 0.242 e. The van der Waals surface area contributed by atoms with Gasteiger partial charge in [-0.2, -0.15) is 0 Å². The molecule has 1 fully saturated rings. The Morgan fingerprint density at radius 1 is 1.43 bits per heavy atom. The Labute approximate surface area is 133 Å². The molecule has 0 saturated carbocycles. The summed E-state index contributed by atoms with van der Waals surface area (Å²) in [5, 5.41) is 2.74. The largest absolute Gasteiger partial charge is 0.491 e. The number of hydrogen-bond donors (Lipinski definition) is 1. The van der Waals surface area contributed by atoms with Crippen molar-refractivity contribution in [2.75, 3.05) is 19.7 Å². The number of nitrogens with one attached hydrogen (secondary N) is 1. The molecule has 1 N–H and O–H groups in total. The van der Waals surface area contributed by atoms with Crippen LogP contribution in [0.5, 0.6) is 5.75 Å². The highest BCUT2D eigenvalue weighted by molar-refractivity contribution is 5.88. The minimum atomic E-state index is -0.768. The molecule has 1 atom stereocenters. The number of benzene rings is 1. The molecule has 1 aromatic carbocycles. The third-order valence-corrected chi connectivity index (χ3v) is 3.72. The highest BCUT2D eigenvalue weighted by Gasteiger charge is 2.30. The van der Waals surface area contributed by atoms with Crippen LogP contribution in [-0.2, 0) is 9.59 Å². The highest BCUT2D eigenvalue weighted by Crippen LogP contribution is 2.18. The molecule has 0 bridgehead atoms. The lowest BCUT2D eigenvalue weighted by Gasteiger charge is -2.34. The van der Waals surface area contributed by atoms with Crippen molar-refractivity contribution in [2.24, 2.45) is 0 Å². The number of ether oxygens (including phenoxy) is 1. The van der Waals surface area contributed by atoms with Crippen LogP contribution in [0.4, 0.5) is 8.78 Å². The Bertz CT molecular complexity index is 580. The Morgan fingerprint density at radius 2 is 2.22 bits per heavy atom. The molecule has 0 aromatic heterocycles. The maximum Gasteiger partial charge on any atom is 0.242 e. The van der Waals surface area contributed by atoms with Crippen LogP contribution in [0.3, 0.4) is 0 Å². The van der Waals surface area contributed by atoms with Crippen molar-refractivity contribution < 1.29 is 23.1 Å². The first-order valence-electron chi connectivity index (χ1n) is 7.68. The number of nitrogens with zero attached hydrogens (tertiary/aromatic N) is 1. The van der Waals surface area contributed by atoms with Crippen molar-refractivity contribution in [3.63, 3.8) is 0 Å². The van der Waals surface area contributed by atoms with Gasteiger partial charge in [0.05, 0.1) is 6.61 Å². The summed E-state index contributed by atoms with van der Waals surface area (Å²) in [4.78, 5) is 25.5. The summed E-state index contributed by atoms with van der Waals surface area (Å²) in [6, 6.07) is 2.65. The Kier molecular flexibility index (Phi) is 5.90. The number of hydrogen-bond acceptors (Lipinski definition) is 3. The van der Waals surface area contributed by atoms with Gasteiger partial charge in [0.15, 0.2) is 11.6 Å². The van der Waals surface area contributed by atoms with E-state index in [0.717, 1.165) is 12.1 Å². The van der Waals surface area contributed by atoms with Crippen LogP contribution in [0, 0.1) is 11.6 Å². The summed E-state index contributed by atoms with van der Waals surface area (Å²) in [5.41, 5.74) is 0. The van der Waals surface area contributed by atoms with E-state index >= 15 is 0 Å². The third kappa shape index (κ3) is 4.40. The highest BCUT2D eigenvalue weighted by atomic mass is 19.1. The van der Waals surface area contributed by atoms with E-state index in [1.54, 1.807) is 4.90 Å². The van der Waals surface area contributed by atoms with Crippen LogP contribution in [-0.4, -0.2) is 42.5 Å². The summed E-state index contributed by atoms with van der Waals surface area (Å²) < 4.78 is 31.4. The number of carbonyl (C=O) groups is 2. The van der Waals surface area contributed by atoms with E-state index in [1.807, 2.05) is 6.92 Å². The number of piperazine rings is 1. The first-order chi connectivity index (χ1) is 11.0. The molecule has 0 radical (unpaired) electrons. The quantitative estimate of drug-likeness (QED) is 0.812. The van der Waals surface area contributed by atoms with Crippen LogP contribution in [0.15, 0.2) is 18.2 Å². The van der Waals surface area contributed by atoms with Crippen LogP contribution >= 0.6 is 0 Å². The van der Waals surface area contributed by atoms with Gasteiger partial charge in [-0.3, -0.25) is 9.59 Å². The zero-order valence-electron chi connectivity index (χ0n) is 13.0. The fraction of sp³-hybridized carbons (Fsp3) is 0.500. The molecule has 5 nitrogen and oxygen atoms in total. The zero-order valence-corrected chi connectivity index (χ0v) is 13.0. The van der Waals surface area contributed by atoms with Crippen LogP contribution in [0.2, 0.25) is 0 Å². The third-order valence-electron chi connectivity index (χ3n) is 3.72. The molecule has 0 spiro atoms. The first-order valence-corrected chi connectivity index (χ1v) is 7.68. The lowest BCUT2D eigenvalue weighted by molar-refractivity contribution is -0.143. The van der Waals surface area contributed by atoms with E-state index < -0.39 is 17.7 Å². The lowest BCUT2D eigenvalue weighted by atomic mass is 10.1. The fourth-order valence-electron chi connectivity index (χ4n) is 2.56. The summed E-state index contributed by atoms with van der Waals surface area (Å²) >= 11 is 0. The van der Waals surface area contributed by atoms with E-state index in [-0.39, 0.29) is 30.6 Å². The van der Waals surface area contributed by atoms with Crippen molar-refractivity contribution in [3.05, 3.63) is 29.8 Å². The summed E-state index contributed by atoms with van der Waals surface area (Å²) in [7, 11) is 0. The maximum atomic E-state index is 13.4. The molecule has 2 amide bonds. The van der Waals surface area contributed by atoms with Crippen LogP contribution in [0.25, 0.3) is 0 Å². The molecular weight excluding hydrogens is 306 g/mol. The molecule has 1 aliphatic rings. The molecule has 1 aliphatic heterocycles. The van der Waals surface area contributed by atoms with Gasteiger partial charge in [-0.15, -0.1) is 0 Å². The fourth-order valence-corrected chi connectivity index (χ4v) is 2.56. The number of carbonyl (C=O) groups excluding carboxylic acids is 2. The van der Waals surface area contributed by atoms with Crippen molar-refractivity contribution in [1.82, 2.24) is 10.2 Å². The van der Waals surface area contributed by atoms with E-state index in [2.05, 4.69) is 5.32 Å². The van der Waals surface area contributed by atoms with Gasteiger partial charge in [-0.05, 0) is 25.0 Å². The lowest BCUT2D eigenvalue weighted by Crippen LogP contribution is -2.56. The molecule has 23 heavy (non-hydrogen) atoms. The Hall–Kier alpha value is -2.18. The number of halogens is 2. The molecule has 0 aliphatic carbocycles. The standard InChI is InChI=1S/C16H20F2N2O3/c1-2-13-16(22)19-7-8-20(13)15(21)4-3-9-23-14-6-5-11(17)10-12(14)18/h5-6,10,13H,2-4,7-9H2,1H3,(H,19,22). The van der Waals surface area contributed by atoms with Crippen LogP contribution < -0.4 is 10.1 Å². The summed E-state index contributed by atoms with van der Waals surface area (Å²) in [6.45, 7) is 2.95. The van der Waals surface area contributed by atoms with E-state index in [4.69, 9.17) is 4.74 Å². The normalized spacial score (nSPS) is 17.8. The summed E-state index contributed by atoms with van der Waals surface area (Å²) in [6.07, 6.45) is 1.17. The molecule has 1 unspecified atom stereocenters. The van der Waals surface area contributed by atoms with Gasteiger partial charge in [0.1, 0.15) is 11.9 Å². The van der Waals surface area contributed by atoms with E-state index in [9.17, 15) is 18.4 Å². The van der Waals surface area contributed by atoms with Crippen molar-refractivity contribution in [3.8, 4) is 5.75 Å². The van der Waals surface area contributed by atoms with Crippen molar-refractivity contribution in [1.29, 1.82) is 0 Å². The van der Waals surface area contributed by atoms with Gasteiger partial charge >= 0.3 is 0 Å². The Morgan fingerprint density at radius 3 is 2.91 bits per heavy atom. The molecule has 1 aromatic rings. The first kappa shape index (κ1) is 17.2. The van der Waals surface area contributed by atoms with Crippen molar-refractivity contribution in [2.45, 2.75) is 32.2 Å². The summed E-state index contributed by atoms with van der Waals surface area (Å²) in [5.74, 6) is -1.72. The average molecular weight is 326 g/mol. The minimum absolute atomic E-state index is 0.0392. The predicted octanol–water partition coefficient (Wildman–Crippen LogP) is 1.86. The van der Waals surface area contributed by atoms with Gasteiger partial charge in [0.2, 0.25) is 11.8 Å². The van der Waals surface area contributed by atoms with Gasteiger partial charge in [-0.1, -0.05) is 6.92 Å². The van der Waals surface area contributed by atoms with Crippen molar-refractivity contribution >= 4 is 11.8 Å². The second-order valence-electron chi connectivity index (χ2n) is 5.33. The predicted molar refractivity (Wildman–Crippen MR) is 79.9 cm³/mol. The SMILES string of the molecule is CCC1C(=O)NCCN1C(=O)CCCOc1ccc(F)cc1F. The van der Waals surface area contributed by atoms with Gasteiger partial charge < -0.3 is 15.0 Å². The van der Waals surface area contributed by atoms with Gasteiger partial charge in [0.25, 0.3) is 0 Å². The monoisotopic (exact) mass is 326 g/mol. The van der Waals surface area contributed by atoms with Crippen LogP contribution in [0.1, 0.15) is 26.2 Å². The topological polar surface area (TPSA) is 58.6 Å². The van der Waals surface area contributed by atoms with E-state index in [1.165, 1.54) is 6.07 Å². The maximum absolute atomic E-state index is 13.4. The molecular formula is C16H20F2N2O3. The molecule has 1 saturated heterocycles. The second kappa shape index (κ2) is 7.89. The number of amides is 2. The van der Waals surface area contributed by atoms with Gasteiger partial charge in [-0.25, -0.2) is 8.78 Å². The number of rotatable bonds is 6. The molecule has 2 rings (SSSR count). The Balaban J connectivity index is 1.79. The van der Waals surface area contributed by atoms with E-state index in [0.29, 0.717) is 25.9 Å². The molecule has 126 valence electrons. The average Bonchev–Trinajstić information content (AvgIpc) is 2.52. The molecule has 7 heteroatoms. The zero-order chi connectivity index (χ0) is 16.8. The van der Waals surface area contributed by atoms with Gasteiger partial charge in [0, 0.05) is 25.6 Å².